The molecule has 0 unspecified atom stereocenters. The van der Waals surface area contributed by atoms with E-state index < -0.39 is 0 Å². The first kappa shape index (κ1) is 20.3. The zero-order chi connectivity index (χ0) is 19.1. The quantitative estimate of drug-likeness (QED) is 0.756. The number of rotatable bonds is 7. The molecule has 1 aliphatic carbocycles. The van der Waals surface area contributed by atoms with Crippen LogP contribution in [-0.4, -0.2) is 40.9 Å². The van der Waals surface area contributed by atoms with E-state index in [0.29, 0.717) is 19.1 Å². The van der Waals surface area contributed by atoms with Crippen molar-refractivity contribution in [3.05, 3.63) is 29.1 Å². The standard InChI is InChI=1S/C21H33N3O2/c1-5-22-20(25)15-23(6-2)21(26)13-12-18-14-16(3)24(17(18)4)19-10-8-7-9-11-19/h12-14,19H,5-11,15H2,1-4H3,(H,22,25)/b13-12+. The molecule has 0 atom stereocenters. The minimum Gasteiger partial charge on any atom is -0.355 e. The van der Waals surface area contributed by atoms with Gasteiger partial charge in [-0.3, -0.25) is 9.59 Å². The monoisotopic (exact) mass is 359 g/mol. The molecule has 0 bridgehead atoms. The highest BCUT2D eigenvalue weighted by Crippen LogP contribution is 2.32. The van der Waals surface area contributed by atoms with Crippen LogP contribution in [0.15, 0.2) is 12.1 Å². The van der Waals surface area contributed by atoms with Gasteiger partial charge < -0.3 is 14.8 Å². The number of aromatic nitrogens is 1. The molecule has 0 aliphatic heterocycles. The molecule has 1 aromatic heterocycles. The Bertz CT molecular complexity index is 654. The van der Waals surface area contributed by atoms with E-state index in [4.69, 9.17) is 0 Å². The van der Waals surface area contributed by atoms with E-state index in [1.807, 2.05) is 19.9 Å². The Hall–Kier alpha value is -2.04. The summed E-state index contributed by atoms with van der Waals surface area (Å²) in [5.41, 5.74) is 3.58. The van der Waals surface area contributed by atoms with Crippen LogP contribution in [0, 0.1) is 13.8 Å². The minimum absolute atomic E-state index is 0.106. The molecular formula is C21H33N3O2. The normalized spacial score (nSPS) is 15.4. The largest absolute Gasteiger partial charge is 0.355 e. The van der Waals surface area contributed by atoms with Gasteiger partial charge in [-0.05, 0) is 58.2 Å². The van der Waals surface area contributed by atoms with E-state index in [1.165, 1.54) is 43.5 Å². The van der Waals surface area contributed by atoms with Crippen LogP contribution in [0.5, 0.6) is 0 Å². The van der Waals surface area contributed by atoms with Crippen molar-refractivity contribution in [2.75, 3.05) is 19.6 Å². The van der Waals surface area contributed by atoms with E-state index in [-0.39, 0.29) is 18.4 Å². The van der Waals surface area contributed by atoms with Crippen molar-refractivity contribution in [2.45, 2.75) is 65.8 Å². The highest BCUT2D eigenvalue weighted by molar-refractivity contribution is 5.94. The second-order valence-electron chi connectivity index (χ2n) is 7.13. The highest BCUT2D eigenvalue weighted by Gasteiger charge is 2.19. The summed E-state index contributed by atoms with van der Waals surface area (Å²) >= 11 is 0. The minimum atomic E-state index is -0.124. The molecule has 2 amide bonds. The van der Waals surface area contributed by atoms with Crippen LogP contribution < -0.4 is 5.32 Å². The van der Waals surface area contributed by atoms with E-state index >= 15 is 0 Å². The Kier molecular flexibility index (Phi) is 7.49. The van der Waals surface area contributed by atoms with Crippen LogP contribution in [-0.2, 0) is 9.59 Å². The van der Waals surface area contributed by atoms with Crippen molar-refractivity contribution in [1.82, 2.24) is 14.8 Å². The number of carbonyl (C=O) groups is 2. The summed E-state index contributed by atoms with van der Waals surface area (Å²) in [5, 5.41) is 2.73. The average Bonchev–Trinajstić information content (AvgIpc) is 2.92. The molecule has 26 heavy (non-hydrogen) atoms. The molecule has 0 saturated heterocycles. The molecular weight excluding hydrogens is 326 g/mol. The lowest BCUT2D eigenvalue weighted by atomic mass is 9.95. The van der Waals surface area contributed by atoms with Crippen molar-refractivity contribution >= 4 is 17.9 Å². The number of nitrogens with one attached hydrogen (secondary N) is 1. The molecule has 1 aromatic rings. The number of aryl methyl sites for hydroxylation is 1. The fraction of sp³-hybridized carbons (Fsp3) is 0.619. The Labute approximate surface area is 157 Å². The Morgan fingerprint density at radius 1 is 1.23 bits per heavy atom. The zero-order valence-electron chi connectivity index (χ0n) is 16.7. The summed E-state index contributed by atoms with van der Waals surface area (Å²) in [6.45, 7) is 9.24. The maximum atomic E-state index is 12.4. The average molecular weight is 360 g/mol. The fourth-order valence-corrected chi connectivity index (χ4v) is 3.91. The fourth-order valence-electron chi connectivity index (χ4n) is 3.91. The Morgan fingerprint density at radius 3 is 2.54 bits per heavy atom. The predicted octanol–water partition coefficient (Wildman–Crippen LogP) is 3.61. The van der Waals surface area contributed by atoms with Gasteiger partial charge in [0.15, 0.2) is 0 Å². The highest BCUT2D eigenvalue weighted by atomic mass is 16.2. The predicted molar refractivity (Wildman–Crippen MR) is 106 cm³/mol. The molecule has 0 spiro atoms. The van der Waals surface area contributed by atoms with Crippen LogP contribution >= 0.6 is 0 Å². The first-order valence-corrected chi connectivity index (χ1v) is 9.90. The second-order valence-corrected chi connectivity index (χ2v) is 7.13. The van der Waals surface area contributed by atoms with E-state index in [9.17, 15) is 9.59 Å². The molecule has 1 heterocycles. The van der Waals surface area contributed by atoms with Crippen LogP contribution in [0.4, 0.5) is 0 Å². The van der Waals surface area contributed by atoms with E-state index in [0.717, 1.165) is 5.56 Å². The van der Waals surface area contributed by atoms with Gasteiger partial charge in [-0.1, -0.05) is 19.3 Å². The lowest BCUT2D eigenvalue weighted by Gasteiger charge is -2.26. The third-order valence-corrected chi connectivity index (χ3v) is 5.27. The number of amides is 2. The molecule has 1 N–H and O–H groups in total. The zero-order valence-corrected chi connectivity index (χ0v) is 16.7. The van der Waals surface area contributed by atoms with Gasteiger partial charge in [0.2, 0.25) is 11.8 Å². The molecule has 0 aromatic carbocycles. The lowest BCUT2D eigenvalue weighted by Crippen LogP contribution is -2.39. The number of hydrogen-bond acceptors (Lipinski definition) is 2. The van der Waals surface area contributed by atoms with Gasteiger partial charge in [-0.15, -0.1) is 0 Å². The maximum Gasteiger partial charge on any atom is 0.247 e. The second kappa shape index (κ2) is 9.60. The summed E-state index contributed by atoms with van der Waals surface area (Å²) in [7, 11) is 0. The van der Waals surface area contributed by atoms with Gasteiger partial charge in [-0.2, -0.15) is 0 Å². The van der Waals surface area contributed by atoms with Crippen molar-refractivity contribution < 1.29 is 9.59 Å². The molecule has 1 aliphatic rings. The summed E-state index contributed by atoms with van der Waals surface area (Å²) in [4.78, 5) is 25.7. The van der Waals surface area contributed by atoms with Crippen LogP contribution in [0.1, 0.15) is 68.9 Å². The SMILES string of the molecule is CCNC(=O)CN(CC)C(=O)/C=C/c1cc(C)n(C2CCCCC2)c1C. The van der Waals surface area contributed by atoms with Crippen molar-refractivity contribution in [3.63, 3.8) is 0 Å². The third-order valence-electron chi connectivity index (χ3n) is 5.27. The Morgan fingerprint density at radius 2 is 1.92 bits per heavy atom. The number of carbonyl (C=O) groups excluding carboxylic acids is 2. The van der Waals surface area contributed by atoms with Gasteiger partial charge in [0.1, 0.15) is 0 Å². The third kappa shape index (κ3) is 4.99. The van der Waals surface area contributed by atoms with E-state index in [1.54, 1.807) is 11.0 Å². The van der Waals surface area contributed by atoms with E-state index in [2.05, 4.69) is 29.8 Å². The molecule has 1 saturated carbocycles. The lowest BCUT2D eigenvalue weighted by molar-refractivity contribution is -0.132. The molecule has 1 fully saturated rings. The van der Waals surface area contributed by atoms with Crippen LogP contribution in [0.3, 0.4) is 0 Å². The summed E-state index contributed by atoms with van der Waals surface area (Å²) in [5.74, 6) is -0.243. The van der Waals surface area contributed by atoms with Crippen LogP contribution in [0.25, 0.3) is 6.08 Å². The summed E-state index contributed by atoms with van der Waals surface area (Å²) < 4.78 is 2.44. The Balaban J connectivity index is 2.09. The van der Waals surface area contributed by atoms with Gasteiger partial charge in [-0.25, -0.2) is 0 Å². The molecule has 144 valence electrons. The number of nitrogens with zero attached hydrogens (tertiary/aromatic N) is 2. The maximum absolute atomic E-state index is 12.4. The summed E-state index contributed by atoms with van der Waals surface area (Å²) in [6, 6.07) is 2.75. The van der Waals surface area contributed by atoms with Crippen molar-refractivity contribution in [2.24, 2.45) is 0 Å². The van der Waals surface area contributed by atoms with Crippen molar-refractivity contribution in [1.29, 1.82) is 0 Å². The van der Waals surface area contributed by atoms with Crippen molar-refractivity contribution in [3.8, 4) is 0 Å². The topological polar surface area (TPSA) is 54.3 Å². The molecule has 5 nitrogen and oxygen atoms in total. The van der Waals surface area contributed by atoms with Gasteiger partial charge in [0, 0.05) is 36.6 Å². The first-order valence-electron chi connectivity index (χ1n) is 9.90. The van der Waals surface area contributed by atoms with Crippen LogP contribution in [0.2, 0.25) is 0 Å². The number of likely N-dealkylation sites (N-methyl/N-ethyl adjacent to an activating group) is 2. The molecule has 5 heteroatoms. The van der Waals surface area contributed by atoms with Gasteiger partial charge in [0.05, 0.1) is 6.54 Å². The molecule has 0 radical (unpaired) electrons. The first-order chi connectivity index (χ1) is 12.5. The van der Waals surface area contributed by atoms with Gasteiger partial charge in [0.25, 0.3) is 0 Å². The number of hydrogen-bond donors (Lipinski definition) is 1. The summed E-state index contributed by atoms with van der Waals surface area (Å²) in [6.07, 6.45) is 9.92. The smallest absolute Gasteiger partial charge is 0.247 e. The van der Waals surface area contributed by atoms with Gasteiger partial charge >= 0.3 is 0 Å². The molecule has 2 rings (SSSR count).